The number of carbonyl (C=O) groups excluding carboxylic acids is 2. The normalized spacial score (nSPS) is 11.4. The summed E-state index contributed by atoms with van der Waals surface area (Å²) in [4.78, 5) is 26.1. The van der Waals surface area contributed by atoms with Gasteiger partial charge in [0.25, 0.3) is 5.91 Å². The fraction of sp³-hybridized carbons (Fsp3) is 0.263. The van der Waals surface area contributed by atoms with E-state index >= 15 is 0 Å². The summed E-state index contributed by atoms with van der Waals surface area (Å²) in [6, 6.07) is 18.1. The molecule has 0 bridgehead atoms. The molecule has 2 aromatic carbocycles. The van der Waals surface area contributed by atoms with Crippen LogP contribution in [0.25, 0.3) is 0 Å². The van der Waals surface area contributed by atoms with Crippen molar-refractivity contribution < 1.29 is 14.3 Å². The highest BCUT2D eigenvalue weighted by molar-refractivity contribution is 5.87. The molecule has 126 valence electrons. The maximum absolute atomic E-state index is 12.6. The van der Waals surface area contributed by atoms with E-state index in [4.69, 9.17) is 4.74 Å². The largest absolute Gasteiger partial charge is 0.484 e. The molecule has 0 aliphatic carbocycles. The smallest absolute Gasteiger partial charge is 0.261 e. The van der Waals surface area contributed by atoms with E-state index in [0.717, 1.165) is 5.56 Å². The Kier molecular flexibility index (Phi) is 6.37. The van der Waals surface area contributed by atoms with Crippen LogP contribution in [0.2, 0.25) is 0 Å². The van der Waals surface area contributed by atoms with Crippen LogP contribution in [0.1, 0.15) is 12.5 Å². The van der Waals surface area contributed by atoms with Crippen molar-refractivity contribution in [2.24, 2.45) is 0 Å². The fourth-order valence-corrected chi connectivity index (χ4v) is 2.32. The van der Waals surface area contributed by atoms with Gasteiger partial charge in [0.1, 0.15) is 11.8 Å². The monoisotopic (exact) mass is 326 g/mol. The molecule has 0 aliphatic heterocycles. The van der Waals surface area contributed by atoms with Gasteiger partial charge in [-0.2, -0.15) is 0 Å². The van der Waals surface area contributed by atoms with Crippen LogP contribution in [0.4, 0.5) is 0 Å². The second-order valence-electron chi connectivity index (χ2n) is 5.40. The highest BCUT2D eigenvalue weighted by Gasteiger charge is 2.25. The summed E-state index contributed by atoms with van der Waals surface area (Å²) in [6.07, 6.45) is 0. The first-order valence-electron chi connectivity index (χ1n) is 7.84. The second kappa shape index (κ2) is 8.72. The van der Waals surface area contributed by atoms with E-state index in [9.17, 15) is 9.59 Å². The first kappa shape index (κ1) is 17.5. The molecular formula is C19H22N2O3. The number of carbonyl (C=O) groups is 2. The van der Waals surface area contributed by atoms with Gasteiger partial charge >= 0.3 is 0 Å². The topological polar surface area (TPSA) is 58.6 Å². The number of ether oxygens (including phenoxy) is 1. The van der Waals surface area contributed by atoms with Crippen LogP contribution in [-0.2, 0) is 16.1 Å². The van der Waals surface area contributed by atoms with Crippen molar-refractivity contribution in [3.8, 4) is 5.75 Å². The van der Waals surface area contributed by atoms with E-state index < -0.39 is 6.04 Å². The Hall–Kier alpha value is -2.82. The van der Waals surface area contributed by atoms with Gasteiger partial charge in [-0.15, -0.1) is 0 Å². The van der Waals surface area contributed by atoms with Crippen LogP contribution in [0.3, 0.4) is 0 Å². The minimum Gasteiger partial charge on any atom is -0.484 e. The van der Waals surface area contributed by atoms with Crippen LogP contribution >= 0.6 is 0 Å². The number of nitrogens with zero attached hydrogens (tertiary/aromatic N) is 1. The van der Waals surface area contributed by atoms with E-state index in [1.54, 1.807) is 26.1 Å². The van der Waals surface area contributed by atoms with Crippen molar-refractivity contribution in [3.63, 3.8) is 0 Å². The summed E-state index contributed by atoms with van der Waals surface area (Å²) in [5.74, 6) is 0.177. The molecule has 0 aromatic heterocycles. The molecule has 0 spiro atoms. The van der Waals surface area contributed by atoms with E-state index in [2.05, 4.69) is 5.32 Å². The average molecular weight is 326 g/mol. The lowest BCUT2D eigenvalue weighted by Gasteiger charge is -2.28. The minimum absolute atomic E-state index is 0.113. The number of hydrogen-bond donors (Lipinski definition) is 1. The molecule has 1 atom stereocenters. The number of nitrogens with one attached hydrogen (secondary N) is 1. The molecule has 2 aromatic rings. The van der Waals surface area contributed by atoms with Gasteiger partial charge in [0.2, 0.25) is 5.91 Å². The van der Waals surface area contributed by atoms with Crippen molar-refractivity contribution in [2.75, 3.05) is 13.7 Å². The van der Waals surface area contributed by atoms with Crippen LogP contribution in [0, 0.1) is 0 Å². The van der Waals surface area contributed by atoms with Crippen LogP contribution in [0.15, 0.2) is 60.7 Å². The molecule has 5 heteroatoms. The summed E-state index contributed by atoms with van der Waals surface area (Å²) in [5.41, 5.74) is 0.960. The van der Waals surface area contributed by atoms with E-state index in [0.29, 0.717) is 12.3 Å². The Morgan fingerprint density at radius 2 is 1.62 bits per heavy atom. The van der Waals surface area contributed by atoms with E-state index in [-0.39, 0.29) is 18.4 Å². The predicted octanol–water partition coefficient (Wildman–Crippen LogP) is 2.23. The molecule has 2 rings (SSSR count). The average Bonchev–Trinajstić information content (AvgIpc) is 2.64. The Balaban J connectivity index is 2.08. The fourth-order valence-electron chi connectivity index (χ4n) is 2.32. The number of benzene rings is 2. The maximum Gasteiger partial charge on any atom is 0.261 e. The lowest BCUT2D eigenvalue weighted by Crippen LogP contribution is -2.48. The molecule has 0 radical (unpaired) electrons. The maximum atomic E-state index is 12.6. The Labute approximate surface area is 142 Å². The van der Waals surface area contributed by atoms with Gasteiger partial charge in [-0.05, 0) is 24.6 Å². The first-order valence-corrected chi connectivity index (χ1v) is 7.84. The number of rotatable bonds is 7. The SMILES string of the molecule is CNC(=O)[C@@H](C)N(Cc1ccccc1)C(=O)COc1ccccc1. The third-order valence-corrected chi connectivity index (χ3v) is 3.71. The van der Waals surface area contributed by atoms with Crippen molar-refractivity contribution in [1.82, 2.24) is 10.2 Å². The number of amides is 2. The molecule has 1 N–H and O–H groups in total. The number of para-hydroxylation sites is 1. The van der Waals surface area contributed by atoms with Gasteiger partial charge < -0.3 is 15.0 Å². The van der Waals surface area contributed by atoms with Gasteiger partial charge in [0.15, 0.2) is 6.61 Å². The Morgan fingerprint density at radius 3 is 2.21 bits per heavy atom. The Bertz CT molecular complexity index is 659. The summed E-state index contributed by atoms with van der Waals surface area (Å²) >= 11 is 0. The third kappa shape index (κ3) is 4.84. The molecular weight excluding hydrogens is 304 g/mol. The third-order valence-electron chi connectivity index (χ3n) is 3.71. The van der Waals surface area contributed by atoms with Gasteiger partial charge in [-0.3, -0.25) is 9.59 Å². The zero-order valence-electron chi connectivity index (χ0n) is 13.9. The molecule has 0 fully saturated rings. The molecule has 0 unspecified atom stereocenters. The summed E-state index contributed by atoms with van der Waals surface area (Å²) in [7, 11) is 1.56. The first-order chi connectivity index (χ1) is 11.6. The summed E-state index contributed by atoms with van der Waals surface area (Å²) < 4.78 is 5.53. The molecule has 0 saturated carbocycles. The van der Waals surface area contributed by atoms with Gasteiger partial charge in [0.05, 0.1) is 0 Å². The lowest BCUT2D eigenvalue weighted by molar-refractivity contribution is -0.142. The van der Waals surface area contributed by atoms with Crippen LogP contribution in [-0.4, -0.2) is 36.4 Å². The number of likely N-dealkylation sites (N-methyl/N-ethyl adjacent to an activating group) is 1. The standard InChI is InChI=1S/C19H22N2O3/c1-15(19(23)20-2)21(13-16-9-5-3-6-10-16)18(22)14-24-17-11-7-4-8-12-17/h3-12,15H,13-14H2,1-2H3,(H,20,23)/t15-/m1/s1. The van der Waals surface area contributed by atoms with Gasteiger partial charge in [0, 0.05) is 13.6 Å². The zero-order chi connectivity index (χ0) is 17.4. The Morgan fingerprint density at radius 1 is 1.04 bits per heavy atom. The van der Waals surface area contributed by atoms with Crippen molar-refractivity contribution in [1.29, 1.82) is 0 Å². The van der Waals surface area contributed by atoms with Gasteiger partial charge in [-0.25, -0.2) is 0 Å². The van der Waals surface area contributed by atoms with Gasteiger partial charge in [-0.1, -0.05) is 48.5 Å². The molecule has 5 nitrogen and oxygen atoms in total. The predicted molar refractivity (Wildman–Crippen MR) is 92.5 cm³/mol. The van der Waals surface area contributed by atoms with Crippen molar-refractivity contribution in [2.45, 2.75) is 19.5 Å². The minimum atomic E-state index is -0.581. The highest BCUT2D eigenvalue weighted by Crippen LogP contribution is 2.12. The van der Waals surface area contributed by atoms with Crippen LogP contribution < -0.4 is 10.1 Å². The quantitative estimate of drug-likeness (QED) is 0.849. The van der Waals surface area contributed by atoms with E-state index in [1.165, 1.54) is 4.90 Å². The molecule has 0 heterocycles. The number of hydrogen-bond acceptors (Lipinski definition) is 3. The lowest BCUT2D eigenvalue weighted by atomic mass is 10.1. The van der Waals surface area contributed by atoms with E-state index in [1.807, 2.05) is 48.5 Å². The molecule has 0 saturated heterocycles. The molecule has 24 heavy (non-hydrogen) atoms. The molecule has 0 aliphatic rings. The molecule has 2 amide bonds. The summed E-state index contributed by atoms with van der Waals surface area (Å²) in [6.45, 7) is 1.95. The highest BCUT2D eigenvalue weighted by atomic mass is 16.5. The summed E-state index contributed by atoms with van der Waals surface area (Å²) in [5, 5.41) is 2.59. The van der Waals surface area contributed by atoms with Crippen LogP contribution in [0.5, 0.6) is 5.75 Å². The second-order valence-corrected chi connectivity index (χ2v) is 5.40. The van der Waals surface area contributed by atoms with Crippen molar-refractivity contribution in [3.05, 3.63) is 66.2 Å². The van der Waals surface area contributed by atoms with Crippen molar-refractivity contribution >= 4 is 11.8 Å². The zero-order valence-corrected chi connectivity index (χ0v) is 13.9.